The number of rotatable bonds is 6. The summed E-state index contributed by atoms with van der Waals surface area (Å²) in [5, 5.41) is 0. The third kappa shape index (κ3) is 3.62. The zero-order valence-electron chi connectivity index (χ0n) is 9.24. The quantitative estimate of drug-likeness (QED) is 0.500. The molecule has 1 heterocycles. The maximum Gasteiger partial charge on any atom is 0.120 e. The number of likely N-dealkylation sites (tertiary alicyclic amines) is 1. The lowest BCUT2D eigenvalue weighted by Gasteiger charge is -2.22. The van der Waals surface area contributed by atoms with E-state index in [2.05, 4.69) is 18.9 Å². The Labute approximate surface area is 91.4 Å². The molecule has 0 spiro atoms. The van der Waals surface area contributed by atoms with Crippen LogP contribution in [0.5, 0.6) is 0 Å². The van der Waals surface area contributed by atoms with Gasteiger partial charge in [-0.1, -0.05) is 0 Å². The molecule has 0 unspecified atom stereocenters. The summed E-state index contributed by atoms with van der Waals surface area (Å²) >= 11 is 1.91. The summed E-state index contributed by atoms with van der Waals surface area (Å²) < 4.78 is 0. The van der Waals surface area contributed by atoms with Crippen LogP contribution in [0.1, 0.15) is 32.6 Å². The zero-order valence-corrected chi connectivity index (χ0v) is 10.1. The lowest BCUT2D eigenvalue weighted by atomic mass is 10.2. The van der Waals surface area contributed by atoms with E-state index in [0.717, 1.165) is 24.1 Å². The molecule has 0 radical (unpaired) electrons. The molecule has 2 nitrogen and oxygen atoms in total. The van der Waals surface area contributed by atoms with E-state index in [4.69, 9.17) is 0 Å². The van der Waals surface area contributed by atoms with Gasteiger partial charge in [0.05, 0.1) is 0 Å². The number of thioether (sulfide) groups is 1. The van der Waals surface area contributed by atoms with E-state index in [9.17, 15) is 4.79 Å². The molecule has 3 heteroatoms. The summed E-state index contributed by atoms with van der Waals surface area (Å²) in [5.41, 5.74) is 0. The summed E-state index contributed by atoms with van der Waals surface area (Å²) in [6, 6.07) is 1.55. The molecule has 1 aliphatic heterocycles. The molecule has 0 aromatic rings. The van der Waals surface area contributed by atoms with Crippen LogP contribution in [0.15, 0.2) is 0 Å². The summed E-state index contributed by atoms with van der Waals surface area (Å²) in [7, 11) is 2.23. The van der Waals surface area contributed by atoms with Crippen LogP contribution in [0.25, 0.3) is 0 Å². The number of carbonyl (C=O) groups excluding carboxylic acids is 1. The van der Waals surface area contributed by atoms with Gasteiger partial charge in [0.1, 0.15) is 6.29 Å². The van der Waals surface area contributed by atoms with E-state index in [1.807, 2.05) is 11.8 Å². The molecule has 0 amide bonds. The molecule has 1 rings (SSSR count). The van der Waals surface area contributed by atoms with Gasteiger partial charge in [-0.25, -0.2) is 0 Å². The Bertz CT molecular complexity index is 175. The van der Waals surface area contributed by atoms with Crippen molar-refractivity contribution < 1.29 is 4.79 Å². The molecule has 14 heavy (non-hydrogen) atoms. The number of hydrogen-bond donors (Lipinski definition) is 0. The van der Waals surface area contributed by atoms with Crippen LogP contribution in [-0.2, 0) is 4.79 Å². The summed E-state index contributed by atoms with van der Waals surface area (Å²) in [6.45, 7) is 2.31. The van der Waals surface area contributed by atoms with E-state index < -0.39 is 0 Å². The van der Waals surface area contributed by atoms with Crippen molar-refractivity contribution >= 4 is 18.0 Å². The Balaban J connectivity index is 2.04. The topological polar surface area (TPSA) is 20.3 Å². The highest BCUT2D eigenvalue weighted by Gasteiger charge is 2.26. The minimum atomic E-state index is 0.710. The van der Waals surface area contributed by atoms with E-state index in [-0.39, 0.29) is 0 Å². The van der Waals surface area contributed by atoms with Gasteiger partial charge in [0, 0.05) is 18.5 Å². The van der Waals surface area contributed by atoms with E-state index >= 15 is 0 Å². The molecule has 0 aromatic carbocycles. The van der Waals surface area contributed by atoms with Crippen LogP contribution in [0.4, 0.5) is 0 Å². The third-order valence-electron chi connectivity index (χ3n) is 3.16. The third-order valence-corrected chi connectivity index (χ3v) is 4.21. The van der Waals surface area contributed by atoms with Gasteiger partial charge in [0.25, 0.3) is 0 Å². The number of hydrogen-bond acceptors (Lipinski definition) is 3. The van der Waals surface area contributed by atoms with Crippen molar-refractivity contribution in [2.24, 2.45) is 0 Å². The molecule has 82 valence electrons. The summed E-state index contributed by atoms with van der Waals surface area (Å²) in [4.78, 5) is 12.6. The lowest BCUT2D eigenvalue weighted by Crippen LogP contribution is -2.30. The second-order valence-electron chi connectivity index (χ2n) is 4.10. The number of carbonyl (C=O) groups is 1. The number of aldehydes is 1. The predicted octanol–water partition coefficient (Wildman–Crippen LogP) is 2.18. The fourth-order valence-electron chi connectivity index (χ4n) is 2.00. The molecule has 2 atom stereocenters. The van der Waals surface area contributed by atoms with Crippen LogP contribution in [0.3, 0.4) is 0 Å². The van der Waals surface area contributed by atoms with Crippen molar-refractivity contribution in [3.8, 4) is 0 Å². The molecule has 0 aliphatic carbocycles. The molecule has 1 aliphatic rings. The van der Waals surface area contributed by atoms with Crippen molar-refractivity contribution in [3.63, 3.8) is 0 Å². The van der Waals surface area contributed by atoms with Gasteiger partial charge in [-0.05, 0) is 44.7 Å². The standard InChI is InChI=1S/C11H21NOS/c1-10-4-5-11(12(10)2)6-9-14-8-3-7-13/h7,10-11H,3-6,8-9H2,1-2H3/t10-,11-/m1/s1. The van der Waals surface area contributed by atoms with Crippen LogP contribution in [-0.4, -0.2) is 41.8 Å². The second-order valence-corrected chi connectivity index (χ2v) is 5.33. The van der Waals surface area contributed by atoms with Gasteiger partial charge in [0.15, 0.2) is 0 Å². The summed E-state index contributed by atoms with van der Waals surface area (Å²) in [5.74, 6) is 2.20. The fraction of sp³-hybridized carbons (Fsp3) is 0.909. The largest absolute Gasteiger partial charge is 0.303 e. The smallest absolute Gasteiger partial charge is 0.120 e. The van der Waals surface area contributed by atoms with Crippen molar-refractivity contribution in [1.29, 1.82) is 0 Å². The van der Waals surface area contributed by atoms with Gasteiger partial charge in [-0.3, -0.25) is 0 Å². The van der Waals surface area contributed by atoms with Gasteiger partial charge in [-0.2, -0.15) is 11.8 Å². The van der Waals surface area contributed by atoms with Crippen LogP contribution >= 0.6 is 11.8 Å². The first-order chi connectivity index (χ1) is 6.75. The van der Waals surface area contributed by atoms with E-state index in [0.29, 0.717) is 6.42 Å². The average molecular weight is 215 g/mol. The van der Waals surface area contributed by atoms with E-state index in [1.54, 1.807) is 0 Å². The van der Waals surface area contributed by atoms with Gasteiger partial charge >= 0.3 is 0 Å². The van der Waals surface area contributed by atoms with Crippen LogP contribution in [0, 0.1) is 0 Å². The maximum atomic E-state index is 10.1. The lowest BCUT2D eigenvalue weighted by molar-refractivity contribution is -0.107. The Morgan fingerprint density at radius 1 is 1.43 bits per heavy atom. The highest BCUT2D eigenvalue weighted by atomic mass is 32.2. The molecular weight excluding hydrogens is 194 g/mol. The van der Waals surface area contributed by atoms with Crippen molar-refractivity contribution in [2.75, 3.05) is 18.6 Å². The zero-order chi connectivity index (χ0) is 10.4. The first-order valence-electron chi connectivity index (χ1n) is 5.49. The highest BCUT2D eigenvalue weighted by molar-refractivity contribution is 7.99. The van der Waals surface area contributed by atoms with Crippen molar-refractivity contribution in [2.45, 2.75) is 44.7 Å². The minimum Gasteiger partial charge on any atom is -0.303 e. The molecular formula is C11H21NOS. The molecule has 0 saturated carbocycles. The van der Waals surface area contributed by atoms with Gasteiger partial charge in [-0.15, -0.1) is 0 Å². The van der Waals surface area contributed by atoms with Gasteiger partial charge in [0.2, 0.25) is 0 Å². The monoisotopic (exact) mass is 215 g/mol. The Hall–Kier alpha value is -0.0200. The van der Waals surface area contributed by atoms with Crippen LogP contribution in [0.2, 0.25) is 0 Å². The maximum absolute atomic E-state index is 10.1. The fourth-order valence-corrected chi connectivity index (χ4v) is 2.91. The minimum absolute atomic E-state index is 0.710. The summed E-state index contributed by atoms with van der Waals surface area (Å²) in [6.07, 6.45) is 5.70. The molecule has 0 bridgehead atoms. The second kappa shape index (κ2) is 6.46. The Morgan fingerprint density at radius 2 is 2.21 bits per heavy atom. The normalized spacial score (nSPS) is 28.1. The van der Waals surface area contributed by atoms with Crippen molar-refractivity contribution in [1.82, 2.24) is 4.90 Å². The Morgan fingerprint density at radius 3 is 2.79 bits per heavy atom. The first kappa shape index (κ1) is 12.1. The Kier molecular flexibility index (Phi) is 5.56. The molecule has 1 fully saturated rings. The SMILES string of the molecule is C[C@@H]1CC[C@H](CCSCCC=O)N1C. The average Bonchev–Trinajstić information content (AvgIpc) is 2.49. The predicted molar refractivity (Wildman–Crippen MR) is 62.9 cm³/mol. The highest BCUT2D eigenvalue weighted by Crippen LogP contribution is 2.25. The molecule has 0 N–H and O–H groups in total. The molecule has 1 saturated heterocycles. The number of nitrogens with zero attached hydrogens (tertiary/aromatic N) is 1. The van der Waals surface area contributed by atoms with Crippen molar-refractivity contribution in [3.05, 3.63) is 0 Å². The molecule has 0 aromatic heterocycles. The van der Waals surface area contributed by atoms with Gasteiger partial charge < -0.3 is 9.69 Å². The first-order valence-corrected chi connectivity index (χ1v) is 6.64. The van der Waals surface area contributed by atoms with E-state index in [1.165, 1.54) is 25.0 Å². The van der Waals surface area contributed by atoms with Crippen LogP contribution < -0.4 is 0 Å².